The summed E-state index contributed by atoms with van der Waals surface area (Å²) in [6.07, 6.45) is 5.82. The van der Waals surface area contributed by atoms with E-state index in [1.807, 2.05) is 73.7 Å². The van der Waals surface area contributed by atoms with Crippen LogP contribution in [0, 0.1) is 0 Å². The second-order valence-corrected chi connectivity index (χ2v) is 6.98. The fourth-order valence-electron chi connectivity index (χ4n) is 2.98. The second-order valence-electron chi connectivity index (χ2n) is 6.98. The summed E-state index contributed by atoms with van der Waals surface area (Å²) in [6, 6.07) is 21.2. The van der Waals surface area contributed by atoms with Crippen LogP contribution < -0.4 is 14.8 Å². The smallest absolute Gasteiger partial charge is 0.244 e. The van der Waals surface area contributed by atoms with Gasteiger partial charge in [0.25, 0.3) is 0 Å². The largest absolute Gasteiger partial charge is 0.497 e. The van der Waals surface area contributed by atoms with E-state index >= 15 is 0 Å². The minimum absolute atomic E-state index is 0.0108. The molecule has 154 valence electrons. The second kappa shape index (κ2) is 10.8. The van der Waals surface area contributed by atoms with Crippen LogP contribution in [-0.4, -0.2) is 24.0 Å². The molecule has 3 aromatic rings. The van der Waals surface area contributed by atoms with E-state index in [2.05, 4.69) is 10.3 Å². The zero-order chi connectivity index (χ0) is 21.2. The third-order valence-electron chi connectivity index (χ3n) is 4.48. The molecule has 0 spiro atoms. The Bertz CT molecular complexity index is 969. The number of benzene rings is 2. The quantitative estimate of drug-likeness (QED) is 0.538. The summed E-state index contributed by atoms with van der Waals surface area (Å²) in [5.41, 5.74) is 2.92. The molecule has 0 saturated carbocycles. The van der Waals surface area contributed by atoms with Gasteiger partial charge in [-0.2, -0.15) is 0 Å². The molecule has 1 atom stereocenters. The summed E-state index contributed by atoms with van der Waals surface area (Å²) in [5.74, 6) is 1.45. The number of pyridine rings is 1. The van der Waals surface area contributed by atoms with Crippen LogP contribution in [0.5, 0.6) is 11.5 Å². The SMILES string of the molecule is COc1cccc(CC(C)NC(=O)/C=C/c2ccc(OCc3ccccn3)cc2)c1. The predicted molar refractivity (Wildman–Crippen MR) is 118 cm³/mol. The standard InChI is InChI=1S/C25H26N2O3/c1-19(16-21-6-5-8-24(17-21)29-2)27-25(28)14-11-20-9-12-23(13-10-20)30-18-22-7-3-4-15-26-22/h3-15,17,19H,16,18H2,1-2H3,(H,27,28)/b14-11+. The summed E-state index contributed by atoms with van der Waals surface area (Å²) >= 11 is 0. The third kappa shape index (κ3) is 6.78. The van der Waals surface area contributed by atoms with Gasteiger partial charge in [-0.1, -0.05) is 30.3 Å². The molecule has 5 heteroatoms. The van der Waals surface area contributed by atoms with Gasteiger partial charge >= 0.3 is 0 Å². The molecular weight excluding hydrogens is 376 g/mol. The van der Waals surface area contributed by atoms with Crippen LogP contribution in [0.25, 0.3) is 6.08 Å². The highest BCUT2D eigenvalue weighted by atomic mass is 16.5. The van der Waals surface area contributed by atoms with E-state index in [1.165, 1.54) is 0 Å². The van der Waals surface area contributed by atoms with Gasteiger partial charge in [-0.15, -0.1) is 0 Å². The molecule has 0 bridgehead atoms. The van der Waals surface area contributed by atoms with Crippen molar-refractivity contribution in [2.45, 2.75) is 26.0 Å². The van der Waals surface area contributed by atoms with Crippen LogP contribution in [0.1, 0.15) is 23.7 Å². The summed E-state index contributed by atoms with van der Waals surface area (Å²) in [5, 5.41) is 2.99. The molecule has 3 rings (SSSR count). The van der Waals surface area contributed by atoms with Crippen molar-refractivity contribution >= 4 is 12.0 Å². The molecule has 0 radical (unpaired) electrons. The molecule has 1 N–H and O–H groups in total. The van der Waals surface area contributed by atoms with Crippen LogP contribution in [-0.2, 0) is 17.8 Å². The highest BCUT2D eigenvalue weighted by molar-refractivity contribution is 5.91. The molecule has 0 fully saturated rings. The lowest BCUT2D eigenvalue weighted by atomic mass is 10.1. The van der Waals surface area contributed by atoms with Crippen molar-refractivity contribution in [1.29, 1.82) is 0 Å². The molecule has 1 amide bonds. The number of aromatic nitrogens is 1. The Balaban J connectivity index is 1.46. The number of nitrogens with one attached hydrogen (secondary N) is 1. The van der Waals surface area contributed by atoms with Gasteiger partial charge in [0.05, 0.1) is 12.8 Å². The first kappa shape index (κ1) is 21.1. The van der Waals surface area contributed by atoms with E-state index in [1.54, 1.807) is 25.5 Å². The molecule has 5 nitrogen and oxygen atoms in total. The van der Waals surface area contributed by atoms with Gasteiger partial charge in [0.1, 0.15) is 18.1 Å². The first-order chi connectivity index (χ1) is 14.6. The van der Waals surface area contributed by atoms with Crippen LogP contribution >= 0.6 is 0 Å². The number of amides is 1. The normalized spacial score (nSPS) is 11.8. The number of carbonyl (C=O) groups is 1. The van der Waals surface area contributed by atoms with E-state index in [0.717, 1.165) is 34.7 Å². The molecule has 2 aromatic carbocycles. The van der Waals surface area contributed by atoms with Gasteiger partial charge in [-0.3, -0.25) is 9.78 Å². The molecule has 0 aliphatic carbocycles. The first-order valence-corrected chi connectivity index (χ1v) is 9.86. The highest BCUT2D eigenvalue weighted by Crippen LogP contribution is 2.15. The molecule has 0 aliphatic heterocycles. The Morgan fingerprint density at radius 1 is 1.07 bits per heavy atom. The monoisotopic (exact) mass is 402 g/mol. The third-order valence-corrected chi connectivity index (χ3v) is 4.48. The van der Waals surface area contributed by atoms with Gasteiger partial charge in [0, 0.05) is 18.3 Å². The zero-order valence-corrected chi connectivity index (χ0v) is 17.2. The lowest BCUT2D eigenvalue weighted by Crippen LogP contribution is -2.32. The van der Waals surface area contributed by atoms with Crippen molar-refractivity contribution in [3.05, 3.63) is 95.8 Å². The maximum atomic E-state index is 12.2. The van der Waals surface area contributed by atoms with Crippen LogP contribution in [0.2, 0.25) is 0 Å². The Hall–Kier alpha value is -3.60. The topological polar surface area (TPSA) is 60.5 Å². The predicted octanol–water partition coefficient (Wildman–Crippen LogP) is 4.43. The van der Waals surface area contributed by atoms with E-state index in [-0.39, 0.29) is 11.9 Å². The van der Waals surface area contributed by atoms with Crippen LogP contribution in [0.15, 0.2) is 79.0 Å². The van der Waals surface area contributed by atoms with E-state index in [9.17, 15) is 4.79 Å². The molecule has 0 aliphatic rings. The lowest BCUT2D eigenvalue weighted by molar-refractivity contribution is -0.117. The maximum Gasteiger partial charge on any atom is 0.244 e. The van der Waals surface area contributed by atoms with Crippen molar-refractivity contribution in [3.8, 4) is 11.5 Å². The first-order valence-electron chi connectivity index (χ1n) is 9.86. The number of carbonyl (C=O) groups excluding carboxylic acids is 1. The summed E-state index contributed by atoms with van der Waals surface area (Å²) < 4.78 is 11.0. The molecule has 0 saturated heterocycles. The van der Waals surface area contributed by atoms with Crippen molar-refractivity contribution < 1.29 is 14.3 Å². The maximum absolute atomic E-state index is 12.2. The van der Waals surface area contributed by atoms with Crippen LogP contribution in [0.4, 0.5) is 0 Å². The fraction of sp³-hybridized carbons (Fsp3) is 0.200. The minimum Gasteiger partial charge on any atom is -0.497 e. The Kier molecular flexibility index (Phi) is 7.61. The molecule has 1 unspecified atom stereocenters. The molecular formula is C25H26N2O3. The number of hydrogen-bond acceptors (Lipinski definition) is 4. The van der Waals surface area contributed by atoms with Gasteiger partial charge in [0.15, 0.2) is 0 Å². The molecule has 1 aromatic heterocycles. The van der Waals surface area contributed by atoms with Crippen molar-refractivity contribution in [2.24, 2.45) is 0 Å². The van der Waals surface area contributed by atoms with E-state index in [4.69, 9.17) is 9.47 Å². The average Bonchev–Trinajstić information content (AvgIpc) is 2.77. The number of rotatable bonds is 9. The average molecular weight is 402 g/mol. The zero-order valence-electron chi connectivity index (χ0n) is 17.2. The number of nitrogens with zero attached hydrogens (tertiary/aromatic N) is 1. The van der Waals surface area contributed by atoms with Gasteiger partial charge in [-0.25, -0.2) is 0 Å². The highest BCUT2D eigenvalue weighted by Gasteiger charge is 2.07. The van der Waals surface area contributed by atoms with Crippen molar-refractivity contribution in [3.63, 3.8) is 0 Å². The number of methoxy groups -OCH3 is 1. The Labute approximate surface area is 177 Å². The lowest BCUT2D eigenvalue weighted by Gasteiger charge is -2.13. The summed E-state index contributed by atoms with van der Waals surface area (Å²) in [7, 11) is 1.65. The summed E-state index contributed by atoms with van der Waals surface area (Å²) in [4.78, 5) is 16.4. The number of ether oxygens (including phenoxy) is 2. The van der Waals surface area contributed by atoms with E-state index in [0.29, 0.717) is 6.61 Å². The summed E-state index contributed by atoms with van der Waals surface area (Å²) in [6.45, 7) is 2.41. The minimum atomic E-state index is -0.124. The van der Waals surface area contributed by atoms with Gasteiger partial charge in [0.2, 0.25) is 5.91 Å². The van der Waals surface area contributed by atoms with Gasteiger partial charge in [-0.05, 0) is 66.9 Å². The van der Waals surface area contributed by atoms with E-state index < -0.39 is 0 Å². The fourth-order valence-corrected chi connectivity index (χ4v) is 2.98. The molecule has 30 heavy (non-hydrogen) atoms. The Morgan fingerprint density at radius 3 is 2.63 bits per heavy atom. The van der Waals surface area contributed by atoms with Crippen molar-refractivity contribution in [1.82, 2.24) is 10.3 Å². The molecule has 1 heterocycles. The Morgan fingerprint density at radius 2 is 1.90 bits per heavy atom. The van der Waals surface area contributed by atoms with Gasteiger partial charge < -0.3 is 14.8 Å². The number of hydrogen-bond donors (Lipinski definition) is 1. The van der Waals surface area contributed by atoms with Crippen LogP contribution in [0.3, 0.4) is 0 Å². The van der Waals surface area contributed by atoms with Crippen molar-refractivity contribution in [2.75, 3.05) is 7.11 Å².